The summed E-state index contributed by atoms with van der Waals surface area (Å²) >= 11 is 0. The Hall–Kier alpha value is -1.02. The predicted octanol–water partition coefficient (Wildman–Crippen LogP) is 1.88. The van der Waals surface area contributed by atoms with Crippen molar-refractivity contribution in [3.63, 3.8) is 0 Å². The molecule has 1 aromatic rings. The summed E-state index contributed by atoms with van der Waals surface area (Å²) < 4.78 is 5.53. The van der Waals surface area contributed by atoms with Crippen LogP contribution in [0.4, 0.5) is 0 Å². The van der Waals surface area contributed by atoms with Crippen LogP contribution in [0.2, 0.25) is 6.04 Å². The first-order chi connectivity index (χ1) is 6.36. The fraction of sp³-hybridized carbons (Fsp3) is 0.273. The molecule has 0 aliphatic carbocycles. The minimum absolute atomic E-state index is 0.844. The number of ether oxygens (including phenoxy) is 1. The Morgan fingerprint density at radius 1 is 1.31 bits per heavy atom. The summed E-state index contributed by atoms with van der Waals surface area (Å²) in [6, 6.07) is 9.32. The fourth-order valence-electron chi connectivity index (χ4n) is 1.03. The van der Waals surface area contributed by atoms with Crippen LogP contribution in [0.1, 0.15) is 12.0 Å². The number of rotatable bonds is 5. The Morgan fingerprint density at radius 3 is 2.54 bits per heavy atom. The molecule has 1 nitrogen and oxygen atoms in total. The smallest absolute Gasteiger partial charge is 0.119 e. The molecule has 1 aromatic carbocycles. The van der Waals surface area contributed by atoms with Crippen molar-refractivity contribution in [2.45, 2.75) is 12.5 Å². The molecule has 0 fully saturated rings. The first-order valence-electron chi connectivity index (χ1n) is 4.72. The van der Waals surface area contributed by atoms with E-state index >= 15 is 0 Å². The van der Waals surface area contributed by atoms with E-state index in [1.54, 1.807) is 0 Å². The maximum atomic E-state index is 5.53. The zero-order chi connectivity index (χ0) is 9.52. The van der Waals surface area contributed by atoms with Gasteiger partial charge in [-0.1, -0.05) is 30.8 Å². The van der Waals surface area contributed by atoms with Crippen molar-refractivity contribution in [3.05, 3.63) is 36.4 Å². The normalized spacial score (nSPS) is 9.85. The fourth-order valence-corrected chi connectivity index (χ4v) is 1.32. The second kappa shape index (κ2) is 5.59. The molecule has 0 saturated heterocycles. The van der Waals surface area contributed by atoms with Gasteiger partial charge in [0.2, 0.25) is 0 Å². The molecular weight excluding hydrogens is 176 g/mol. The van der Waals surface area contributed by atoms with Gasteiger partial charge in [0.15, 0.2) is 0 Å². The molecule has 0 N–H and O–H groups in total. The quantitative estimate of drug-likeness (QED) is 0.511. The van der Waals surface area contributed by atoms with Crippen LogP contribution < -0.4 is 4.74 Å². The SMILES string of the molecule is C=Cc1ccc(OCCC[SiH3])cc1. The van der Waals surface area contributed by atoms with E-state index in [9.17, 15) is 0 Å². The number of hydrogen-bond donors (Lipinski definition) is 0. The molecule has 2 heteroatoms. The number of hydrogen-bond acceptors (Lipinski definition) is 1. The Kier molecular flexibility index (Phi) is 4.33. The van der Waals surface area contributed by atoms with Crippen LogP contribution >= 0.6 is 0 Å². The minimum Gasteiger partial charge on any atom is -0.494 e. The third-order valence-electron chi connectivity index (χ3n) is 1.88. The lowest BCUT2D eigenvalue weighted by atomic mass is 10.2. The van der Waals surface area contributed by atoms with Crippen LogP contribution in [-0.2, 0) is 0 Å². The topological polar surface area (TPSA) is 9.23 Å². The van der Waals surface area contributed by atoms with Gasteiger partial charge < -0.3 is 4.74 Å². The van der Waals surface area contributed by atoms with Gasteiger partial charge in [0.05, 0.1) is 6.61 Å². The molecule has 13 heavy (non-hydrogen) atoms. The van der Waals surface area contributed by atoms with Gasteiger partial charge in [-0.15, -0.1) is 0 Å². The van der Waals surface area contributed by atoms with E-state index in [2.05, 4.69) is 6.58 Å². The van der Waals surface area contributed by atoms with E-state index < -0.39 is 0 Å². The lowest BCUT2D eigenvalue weighted by Crippen LogP contribution is -1.96. The molecule has 0 spiro atoms. The van der Waals surface area contributed by atoms with Crippen molar-refractivity contribution in [1.29, 1.82) is 0 Å². The second-order valence-electron chi connectivity index (χ2n) is 2.98. The van der Waals surface area contributed by atoms with Crippen molar-refractivity contribution in [3.8, 4) is 5.75 Å². The molecule has 0 bridgehead atoms. The van der Waals surface area contributed by atoms with Crippen LogP contribution in [0.15, 0.2) is 30.8 Å². The zero-order valence-electron chi connectivity index (χ0n) is 8.12. The minimum atomic E-state index is 0.844. The van der Waals surface area contributed by atoms with Crippen molar-refractivity contribution >= 4 is 16.3 Å². The second-order valence-corrected chi connectivity index (χ2v) is 3.98. The zero-order valence-corrected chi connectivity index (χ0v) is 10.1. The Morgan fingerprint density at radius 2 is 2.00 bits per heavy atom. The summed E-state index contributed by atoms with van der Waals surface area (Å²) in [6.07, 6.45) is 3.01. The summed E-state index contributed by atoms with van der Waals surface area (Å²) in [4.78, 5) is 0. The molecule has 0 aliphatic heterocycles. The van der Waals surface area contributed by atoms with Gasteiger partial charge in [0.25, 0.3) is 0 Å². The molecule has 70 valence electrons. The maximum Gasteiger partial charge on any atom is 0.119 e. The molecule has 0 radical (unpaired) electrons. The van der Waals surface area contributed by atoms with Crippen molar-refractivity contribution in [2.75, 3.05) is 6.61 Å². The highest BCUT2D eigenvalue weighted by Crippen LogP contribution is 2.12. The van der Waals surface area contributed by atoms with Crippen molar-refractivity contribution in [2.24, 2.45) is 0 Å². The monoisotopic (exact) mass is 192 g/mol. The first-order valence-corrected chi connectivity index (χ1v) is 6.13. The average Bonchev–Trinajstić information content (AvgIpc) is 2.19. The van der Waals surface area contributed by atoms with E-state index in [0.29, 0.717) is 0 Å². The van der Waals surface area contributed by atoms with Crippen molar-refractivity contribution in [1.82, 2.24) is 0 Å². The Balaban J connectivity index is 2.44. The third-order valence-corrected chi connectivity index (χ3v) is 2.59. The lowest BCUT2D eigenvalue weighted by Gasteiger charge is -2.04. The van der Waals surface area contributed by atoms with Crippen molar-refractivity contribution < 1.29 is 4.74 Å². The largest absolute Gasteiger partial charge is 0.494 e. The first kappa shape index (κ1) is 10.1. The van der Waals surface area contributed by atoms with Gasteiger partial charge in [-0.3, -0.25) is 0 Å². The highest BCUT2D eigenvalue weighted by Gasteiger charge is 1.91. The molecule has 1 rings (SSSR count). The van der Waals surface area contributed by atoms with Gasteiger partial charge in [0, 0.05) is 10.2 Å². The summed E-state index contributed by atoms with van der Waals surface area (Å²) in [5, 5.41) is 0. The summed E-state index contributed by atoms with van der Waals surface area (Å²) in [6.45, 7) is 4.54. The van der Waals surface area contributed by atoms with E-state index in [1.165, 1.54) is 22.7 Å². The maximum absolute atomic E-state index is 5.53. The van der Waals surface area contributed by atoms with E-state index in [0.717, 1.165) is 17.9 Å². The van der Waals surface area contributed by atoms with Gasteiger partial charge in [-0.2, -0.15) is 0 Å². The van der Waals surface area contributed by atoms with Gasteiger partial charge >= 0.3 is 0 Å². The molecule has 0 aliphatic rings. The van der Waals surface area contributed by atoms with E-state index in [1.807, 2.05) is 30.3 Å². The highest BCUT2D eigenvalue weighted by molar-refractivity contribution is 6.08. The molecule has 0 saturated carbocycles. The predicted molar refractivity (Wildman–Crippen MR) is 61.4 cm³/mol. The molecular formula is C11H16OSi. The molecule has 0 atom stereocenters. The van der Waals surface area contributed by atoms with Gasteiger partial charge in [-0.05, 0) is 24.1 Å². The molecule has 0 heterocycles. The molecule has 0 unspecified atom stereocenters. The molecule has 0 aromatic heterocycles. The van der Waals surface area contributed by atoms with Crippen LogP contribution in [0.3, 0.4) is 0 Å². The van der Waals surface area contributed by atoms with Crippen LogP contribution in [0.5, 0.6) is 5.75 Å². The highest BCUT2D eigenvalue weighted by atomic mass is 28.1. The summed E-state index contributed by atoms with van der Waals surface area (Å²) in [5.41, 5.74) is 1.13. The van der Waals surface area contributed by atoms with Crippen LogP contribution in [-0.4, -0.2) is 16.8 Å². The van der Waals surface area contributed by atoms with Gasteiger partial charge in [0.1, 0.15) is 5.75 Å². The summed E-state index contributed by atoms with van der Waals surface area (Å²) in [5.74, 6) is 0.959. The standard InChI is InChI=1S/C11H16OSi/c1-2-10-4-6-11(7-5-10)12-8-3-9-13/h2,4-7H,1,3,8-9H2,13H3. The average molecular weight is 192 g/mol. The Labute approximate surface area is 82.9 Å². The van der Waals surface area contributed by atoms with E-state index in [-0.39, 0.29) is 0 Å². The number of benzene rings is 1. The summed E-state index contributed by atoms with van der Waals surface area (Å²) in [7, 11) is 1.27. The Bertz CT molecular complexity index is 253. The van der Waals surface area contributed by atoms with E-state index in [4.69, 9.17) is 4.74 Å². The van der Waals surface area contributed by atoms with Gasteiger partial charge in [-0.25, -0.2) is 0 Å². The van der Waals surface area contributed by atoms with Crippen LogP contribution in [0.25, 0.3) is 6.08 Å². The third kappa shape index (κ3) is 3.47. The lowest BCUT2D eigenvalue weighted by molar-refractivity contribution is 0.317. The van der Waals surface area contributed by atoms with Crippen LogP contribution in [0, 0.1) is 0 Å². The molecule has 0 amide bonds.